The third kappa shape index (κ3) is 3.08. The fraction of sp³-hybridized carbons (Fsp3) is 0.533. The summed E-state index contributed by atoms with van der Waals surface area (Å²) in [5.41, 5.74) is 0.649. The third-order valence-electron chi connectivity index (χ3n) is 3.73. The Morgan fingerprint density at radius 1 is 1.30 bits per heavy atom. The summed E-state index contributed by atoms with van der Waals surface area (Å²) in [7, 11) is 3.17. The van der Waals surface area contributed by atoms with Gasteiger partial charge < -0.3 is 14.4 Å². The van der Waals surface area contributed by atoms with Crippen LogP contribution >= 0.6 is 15.9 Å². The van der Waals surface area contributed by atoms with Crippen LogP contribution in [0, 0.1) is 0 Å². The second kappa shape index (κ2) is 6.97. The van der Waals surface area contributed by atoms with Crippen LogP contribution in [-0.2, 0) is 0 Å². The first-order valence-electron chi connectivity index (χ1n) is 6.80. The minimum atomic E-state index is 0.0649. The number of methoxy groups -OCH3 is 2. The van der Waals surface area contributed by atoms with E-state index in [-0.39, 0.29) is 5.91 Å². The summed E-state index contributed by atoms with van der Waals surface area (Å²) < 4.78 is 10.5. The van der Waals surface area contributed by atoms with Gasteiger partial charge in [0.15, 0.2) is 11.5 Å². The topological polar surface area (TPSA) is 38.8 Å². The molecule has 0 radical (unpaired) electrons. The first kappa shape index (κ1) is 15.2. The van der Waals surface area contributed by atoms with Gasteiger partial charge in [0.05, 0.1) is 14.2 Å². The highest BCUT2D eigenvalue weighted by Gasteiger charge is 2.29. The van der Waals surface area contributed by atoms with Crippen LogP contribution in [0.1, 0.15) is 29.6 Å². The second-order valence-corrected chi connectivity index (χ2v) is 5.64. The van der Waals surface area contributed by atoms with Crippen molar-refractivity contribution in [1.29, 1.82) is 0 Å². The zero-order valence-corrected chi connectivity index (χ0v) is 13.5. The standard InChI is InChI=1S/C15H20BrNO3/c1-19-13-7-6-11(10-14(13)20-2)15(18)17(9-8-16)12-4-3-5-12/h6-7,10,12H,3-5,8-9H2,1-2H3. The summed E-state index contributed by atoms with van der Waals surface area (Å²) in [6.45, 7) is 0.734. The highest BCUT2D eigenvalue weighted by atomic mass is 79.9. The molecule has 0 aromatic heterocycles. The zero-order chi connectivity index (χ0) is 14.5. The molecule has 1 saturated carbocycles. The number of rotatable bonds is 6. The SMILES string of the molecule is COc1ccc(C(=O)N(CCBr)C2CCC2)cc1OC. The lowest BCUT2D eigenvalue weighted by atomic mass is 9.91. The molecule has 0 spiro atoms. The molecule has 20 heavy (non-hydrogen) atoms. The molecule has 5 heteroatoms. The maximum atomic E-state index is 12.6. The largest absolute Gasteiger partial charge is 0.493 e. The van der Waals surface area contributed by atoms with Crippen LogP contribution in [0.25, 0.3) is 0 Å². The van der Waals surface area contributed by atoms with E-state index in [0.29, 0.717) is 23.1 Å². The van der Waals surface area contributed by atoms with Gasteiger partial charge in [0.25, 0.3) is 5.91 Å². The number of nitrogens with zero attached hydrogens (tertiary/aromatic N) is 1. The van der Waals surface area contributed by atoms with Crippen LogP contribution in [0.15, 0.2) is 18.2 Å². The summed E-state index contributed by atoms with van der Waals surface area (Å²) >= 11 is 3.42. The average molecular weight is 342 g/mol. The molecule has 0 bridgehead atoms. The van der Waals surface area contributed by atoms with Crippen molar-refractivity contribution in [2.75, 3.05) is 26.1 Å². The maximum absolute atomic E-state index is 12.6. The molecule has 1 amide bonds. The molecule has 0 atom stereocenters. The number of carbonyl (C=O) groups is 1. The molecule has 0 N–H and O–H groups in total. The highest BCUT2D eigenvalue weighted by Crippen LogP contribution is 2.30. The lowest BCUT2D eigenvalue weighted by Crippen LogP contribution is -2.45. The predicted molar refractivity (Wildman–Crippen MR) is 82.0 cm³/mol. The molecule has 1 aliphatic carbocycles. The maximum Gasteiger partial charge on any atom is 0.254 e. The number of alkyl halides is 1. The fourth-order valence-corrected chi connectivity index (χ4v) is 2.76. The number of benzene rings is 1. The van der Waals surface area contributed by atoms with Gasteiger partial charge in [-0.2, -0.15) is 0 Å². The van der Waals surface area contributed by atoms with Gasteiger partial charge in [0.2, 0.25) is 0 Å². The number of halogens is 1. The van der Waals surface area contributed by atoms with Crippen molar-refractivity contribution in [2.24, 2.45) is 0 Å². The molecule has 0 heterocycles. The molecule has 1 aromatic carbocycles. The van der Waals surface area contributed by atoms with Gasteiger partial charge in [-0.3, -0.25) is 4.79 Å². The van der Waals surface area contributed by atoms with Gasteiger partial charge in [-0.15, -0.1) is 0 Å². The first-order valence-corrected chi connectivity index (χ1v) is 7.92. The second-order valence-electron chi connectivity index (χ2n) is 4.84. The lowest BCUT2D eigenvalue weighted by Gasteiger charge is -2.37. The van der Waals surface area contributed by atoms with Crippen molar-refractivity contribution in [1.82, 2.24) is 4.90 Å². The summed E-state index contributed by atoms with van der Waals surface area (Å²) in [5.74, 6) is 1.29. The van der Waals surface area contributed by atoms with Crippen molar-refractivity contribution >= 4 is 21.8 Å². The van der Waals surface area contributed by atoms with Crippen molar-refractivity contribution in [3.05, 3.63) is 23.8 Å². The van der Waals surface area contributed by atoms with Gasteiger partial charge in [0.1, 0.15) is 0 Å². The van der Waals surface area contributed by atoms with E-state index in [9.17, 15) is 4.79 Å². The summed E-state index contributed by atoms with van der Waals surface area (Å²) in [6.07, 6.45) is 3.42. The van der Waals surface area contributed by atoms with Crippen LogP contribution < -0.4 is 9.47 Å². The van der Waals surface area contributed by atoms with E-state index in [4.69, 9.17) is 9.47 Å². The van der Waals surface area contributed by atoms with Gasteiger partial charge in [0, 0.05) is 23.5 Å². The van der Waals surface area contributed by atoms with Crippen molar-refractivity contribution in [3.63, 3.8) is 0 Å². The van der Waals surface area contributed by atoms with E-state index in [1.165, 1.54) is 6.42 Å². The van der Waals surface area contributed by atoms with E-state index in [1.54, 1.807) is 32.4 Å². The fourth-order valence-electron chi connectivity index (χ4n) is 2.37. The molecule has 2 rings (SSSR count). The molecule has 1 fully saturated rings. The molecular formula is C15H20BrNO3. The third-order valence-corrected chi connectivity index (χ3v) is 4.09. The van der Waals surface area contributed by atoms with E-state index in [2.05, 4.69) is 15.9 Å². The van der Waals surface area contributed by atoms with Crippen molar-refractivity contribution in [2.45, 2.75) is 25.3 Å². The van der Waals surface area contributed by atoms with Gasteiger partial charge in [-0.1, -0.05) is 15.9 Å². The normalized spacial score (nSPS) is 14.6. The van der Waals surface area contributed by atoms with Crippen LogP contribution in [0.3, 0.4) is 0 Å². The number of hydrogen-bond acceptors (Lipinski definition) is 3. The first-order chi connectivity index (χ1) is 9.71. The Labute approximate surface area is 128 Å². The van der Waals surface area contributed by atoms with Crippen LogP contribution in [0.4, 0.5) is 0 Å². The number of hydrogen-bond donors (Lipinski definition) is 0. The molecule has 1 aromatic rings. The van der Waals surface area contributed by atoms with E-state index < -0.39 is 0 Å². The lowest BCUT2D eigenvalue weighted by molar-refractivity contribution is 0.0599. The highest BCUT2D eigenvalue weighted by molar-refractivity contribution is 9.09. The van der Waals surface area contributed by atoms with Crippen molar-refractivity contribution in [3.8, 4) is 11.5 Å². The Hall–Kier alpha value is -1.23. The Morgan fingerprint density at radius 3 is 2.50 bits per heavy atom. The van der Waals surface area contributed by atoms with Gasteiger partial charge in [-0.25, -0.2) is 0 Å². The van der Waals surface area contributed by atoms with Crippen molar-refractivity contribution < 1.29 is 14.3 Å². The van der Waals surface area contributed by atoms with Crippen LogP contribution in [0.2, 0.25) is 0 Å². The minimum Gasteiger partial charge on any atom is -0.493 e. The molecule has 0 aliphatic heterocycles. The van der Waals surface area contributed by atoms with Gasteiger partial charge in [-0.05, 0) is 37.5 Å². The molecular weight excluding hydrogens is 322 g/mol. The van der Waals surface area contributed by atoms with Gasteiger partial charge >= 0.3 is 0 Å². The van der Waals surface area contributed by atoms with E-state index in [0.717, 1.165) is 24.7 Å². The number of carbonyl (C=O) groups excluding carboxylic acids is 1. The van der Waals surface area contributed by atoms with E-state index >= 15 is 0 Å². The Balaban J connectivity index is 2.21. The quantitative estimate of drug-likeness (QED) is 0.746. The van der Waals surface area contributed by atoms with Crippen LogP contribution in [0.5, 0.6) is 11.5 Å². The number of amides is 1. The summed E-state index contributed by atoms with van der Waals surface area (Å²) in [5, 5.41) is 0.794. The number of ether oxygens (including phenoxy) is 2. The van der Waals surface area contributed by atoms with Crippen LogP contribution in [-0.4, -0.2) is 42.9 Å². The smallest absolute Gasteiger partial charge is 0.254 e. The minimum absolute atomic E-state index is 0.0649. The summed E-state index contributed by atoms with van der Waals surface area (Å²) in [6, 6.07) is 5.71. The Bertz CT molecular complexity index is 474. The average Bonchev–Trinajstić information content (AvgIpc) is 2.43. The molecule has 0 unspecified atom stereocenters. The monoisotopic (exact) mass is 341 g/mol. The predicted octanol–water partition coefficient (Wildman–Crippen LogP) is 3.09. The zero-order valence-electron chi connectivity index (χ0n) is 11.9. The Morgan fingerprint density at radius 2 is 2.00 bits per heavy atom. The molecule has 1 aliphatic rings. The molecule has 4 nitrogen and oxygen atoms in total. The van der Waals surface area contributed by atoms with E-state index in [1.807, 2.05) is 4.90 Å². The Kier molecular flexibility index (Phi) is 5.29. The summed E-state index contributed by atoms with van der Waals surface area (Å²) in [4.78, 5) is 14.6. The molecule has 0 saturated heterocycles. The molecule has 110 valence electrons.